The van der Waals surface area contributed by atoms with Gasteiger partial charge in [0, 0.05) is 26.7 Å². The number of guanidine groups is 1. The first-order valence-corrected chi connectivity index (χ1v) is 11.4. The molecule has 1 aromatic heterocycles. The Morgan fingerprint density at radius 3 is 2.57 bits per heavy atom. The predicted octanol–water partition coefficient (Wildman–Crippen LogP) is 1.86. The highest BCUT2D eigenvalue weighted by atomic mass is 127. The van der Waals surface area contributed by atoms with Gasteiger partial charge in [-0.15, -0.1) is 24.0 Å². The molecule has 1 aliphatic heterocycles. The topological polar surface area (TPSA) is 105 Å². The first-order valence-electron chi connectivity index (χ1n) is 9.95. The molecular formula is C19H30IN7O2S. The molecule has 1 fully saturated rings. The molecule has 2 aromatic rings. The van der Waals surface area contributed by atoms with Crippen molar-refractivity contribution in [2.24, 2.45) is 12.0 Å². The van der Waals surface area contributed by atoms with Crippen LogP contribution in [0, 0.1) is 0 Å². The van der Waals surface area contributed by atoms with E-state index in [0.29, 0.717) is 42.6 Å². The van der Waals surface area contributed by atoms with Crippen LogP contribution in [0.2, 0.25) is 0 Å². The minimum atomic E-state index is -3.50. The van der Waals surface area contributed by atoms with Crippen molar-refractivity contribution in [1.82, 2.24) is 29.7 Å². The Labute approximate surface area is 195 Å². The van der Waals surface area contributed by atoms with Crippen LogP contribution in [0.25, 0.3) is 0 Å². The molecule has 0 radical (unpaired) electrons. The summed E-state index contributed by atoms with van der Waals surface area (Å²) in [5, 5.41) is 10.4. The van der Waals surface area contributed by atoms with E-state index in [0.717, 1.165) is 25.1 Å². The van der Waals surface area contributed by atoms with Crippen LogP contribution in [0.5, 0.6) is 0 Å². The highest BCUT2D eigenvalue weighted by Crippen LogP contribution is 2.24. The van der Waals surface area contributed by atoms with E-state index in [4.69, 9.17) is 0 Å². The molecule has 0 spiro atoms. The Morgan fingerprint density at radius 1 is 1.17 bits per heavy atom. The lowest BCUT2D eigenvalue weighted by atomic mass is 10.2. The largest absolute Gasteiger partial charge is 0.357 e. The van der Waals surface area contributed by atoms with Crippen LogP contribution in [0.15, 0.2) is 40.5 Å². The van der Waals surface area contributed by atoms with Crippen molar-refractivity contribution in [1.29, 1.82) is 0 Å². The molecule has 0 saturated carbocycles. The van der Waals surface area contributed by atoms with E-state index in [9.17, 15) is 8.42 Å². The van der Waals surface area contributed by atoms with Gasteiger partial charge in [0.15, 0.2) is 5.96 Å². The molecule has 30 heavy (non-hydrogen) atoms. The van der Waals surface area contributed by atoms with Gasteiger partial charge in [0.05, 0.1) is 18.0 Å². The van der Waals surface area contributed by atoms with Crippen LogP contribution in [0.3, 0.4) is 0 Å². The van der Waals surface area contributed by atoms with Gasteiger partial charge in [-0.2, -0.15) is 9.40 Å². The molecule has 0 atom stereocenters. The smallest absolute Gasteiger partial charge is 0.243 e. The summed E-state index contributed by atoms with van der Waals surface area (Å²) < 4.78 is 29.5. The third-order valence-electron chi connectivity index (χ3n) is 4.88. The maximum Gasteiger partial charge on any atom is 0.243 e. The number of nitrogens with zero attached hydrogens (tertiary/aromatic N) is 5. The van der Waals surface area contributed by atoms with Gasteiger partial charge < -0.3 is 10.6 Å². The van der Waals surface area contributed by atoms with Crippen LogP contribution in [0.4, 0.5) is 0 Å². The van der Waals surface area contributed by atoms with Crippen molar-refractivity contribution in [2.45, 2.75) is 44.2 Å². The number of nitrogens with one attached hydrogen (secondary N) is 2. The van der Waals surface area contributed by atoms with E-state index in [-0.39, 0.29) is 30.5 Å². The number of sulfonamides is 1. The number of aryl methyl sites for hydroxylation is 1. The molecule has 2 N–H and O–H groups in total. The van der Waals surface area contributed by atoms with Gasteiger partial charge in [0.2, 0.25) is 10.0 Å². The van der Waals surface area contributed by atoms with Crippen molar-refractivity contribution >= 4 is 40.0 Å². The molecule has 3 rings (SSSR count). The van der Waals surface area contributed by atoms with E-state index < -0.39 is 10.0 Å². The maximum absolute atomic E-state index is 13.1. The van der Waals surface area contributed by atoms with Crippen LogP contribution >= 0.6 is 24.0 Å². The van der Waals surface area contributed by atoms with Gasteiger partial charge in [-0.1, -0.05) is 24.6 Å². The molecule has 9 nitrogen and oxygen atoms in total. The SMILES string of the molecule is CCNC(=NCc1ccccc1S(=O)(=O)N1CCCCC1)NCc1ncnn1C.I. The van der Waals surface area contributed by atoms with Crippen molar-refractivity contribution < 1.29 is 8.42 Å². The average Bonchev–Trinajstić information content (AvgIpc) is 3.15. The Balaban J connectivity index is 0.00000320. The van der Waals surface area contributed by atoms with Crippen LogP contribution in [0.1, 0.15) is 37.6 Å². The summed E-state index contributed by atoms with van der Waals surface area (Å²) in [7, 11) is -1.68. The second-order valence-electron chi connectivity index (χ2n) is 6.92. The molecule has 1 aromatic carbocycles. The molecule has 0 aliphatic carbocycles. The molecule has 1 saturated heterocycles. The number of aliphatic imine (C=N–C) groups is 1. The maximum atomic E-state index is 13.1. The van der Waals surface area contributed by atoms with E-state index in [2.05, 4.69) is 25.7 Å². The minimum absolute atomic E-state index is 0. The number of rotatable bonds is 7. The number of piperidine rings is 1. The molecule has 0 unspecified atom stereocenters. The van der Waals surface area contributed by atoms with E-state index in [1.807, 2.05) is 26.1 Å². The fourth-order valence-corrected chi connectivity index (χ4v) is 5.01. The first-order chi connectivity index (χ1) is 14.0. The van der Waals surface area contributed by atoms with Gasteiger partial charge in [-0.25, -0.2) is 18.4 Å². The lowest BCUT2D eigenvalue weighted by Gasteiger charge is -2.26. The quantitative estimate of drug-likeness (QED) is 0.312. The molecule has 2 heterocycles. The zero-order chi connectivity index (χ0) is 20.7. The Bertz CT molecular complexity index is 940. The zero-order valence-corrected chi connectivity index (χ0v) is 20.6. The molecule has 1 aliphatic rings. The summed E-state index contributed by atoms with van der Waals surface area (Å²) in [5.41, 5.74) is 0.689. The van der Waals surface area contributed by atoms with Gasteiger partial charge >= 0.3 is 0 Å². The predicted molar refractivity (Wildman–Crippen MR) is 127 cm³/mol. The molecule has 0 amide bonds. The second kappa shape index (κ2) is 11.6. The lowest BCUT2D eigenvalue weighted by molar-refractivity contribution is 0.346. The number of halogens is 1. The van der Waals surface area contributed by atoms with Crippen LogP contribution in [-0.2, 0) is 30.2 Å². The van der Waals surface area contributed by atoms with Crippen LogP contribution in [-0.4, -0.2) is 53.1 Å². The Kier molecular flexibility index (Phi) is 9.49. The third-order valence-corrected chi connectivity index (χ3v) is 6.88. The van der Waals surface area contributed by atoms with Crippen molar-refractivity contribution in [3.05, 3.63) is 42.0 Å². The summed E-state index contributed by atoms with van der Waals surface area (Å²) in [6.45, 7) is 4.57. The summed E-state index contributed by atoms with van der Waals surface area (Å²) in [6.07, 6.45) is 4.41. The summed E-state index contributed by atoms with van der Waals surface area (Å²) in [4.78, 5) is 9.11. The van der Waals surface area contributed by atoms with Gasteiger partial charge in [0.25, 0.3) is 0 Å². The van der Waals surface area contributed by atoms with E-state index >= 15 is 0 Å². The Hall–Kier alpha value is -1.73. The van der Waals surface area contributed by atoms with Gasteiger partial charge in [-0.3, -0.25) is 4.68 Å². The monoisotopic (exact) mass is 547 g/mol. The van der Waals surface area contributed by atoms with E-state index in [1.54, 1.807) is 21.1 Å². The normalized spacial score (nSPS) is 15.5. The fraction of sp³-hybridized carbons (Fsp3) is 0.526. The average molecular weight is 547 g/mol. The summed E-state index contributed by atoms with van der Waals surface area (Å²) in [6, 6.07) is 7.11. The van der Waals surface area contributed by atoms with Gasteiger partial charge in [-0.05, 0) is 31.4 Å². The fourth-order valence-electron chi connectivity index (χ4n) is 3.28. The standard InChI is InChI=1S/C19H29N7O2S.HI/c1-3-20-19(22-14-18-23-15-24-25(18)2)21-13-16-9-5-6-10-17(16)29(27,28)26-11-7-4-8-12-26;/h5-6,9-10,15H,3-4,7-8,11-14H2,1-2H3,(H2,20,21,22);1H. The second-order valence-corrected chi connectivity index (χ2v) is 8.83. The van der Waals surface area contributed by atoms with Gasteiger partial charge in [0.1, 0.15) is 12.2 Å². The van der Waals surface area contributed by atoms with Crippen molar-refractivity contribution in [2.75, 3.05) is 19.6 Å². The number of hydrogen-bond donors (Lipinski definition) is 2. The highest BCUT2D eigenvalue weighted by Gasteiger charge is 2.27. The number of aromatic nitrogens is 3. The third kappa shape index (κ3) is 6.14. The lowest BCUT2D eigenvalue weighted by Crippen LogP contribution is -2.37. The Morgan fingerprint density at radius 2 is 1.90 bits per heavy atom. The van der Waals surface area contributed by atoms with E-state index in [1.165, 1.54) is 6.33 Å². The molecule has 11 heteroatoms. The minimum Gasteiger partial charge on any atom is -0.357 e. The van der Waals surface area contributed by atoms with Crippen molar-refractivity contribution in [3.8, 4) is 0 Å². The number of benzene rings is 1. The zero-order valence-electron chi connectivity index (χ0n) is 17.4. The molecule has 0 bridgehead atoms. The first kappa shape index (κ1) is 24.5. The molecular weight excluding hydrogens is 517 g/mol. The molecule has 166 valence electrons. The van der Waals surface area contributed by atoms with Crippen molar-refractivity contribution in [3.63, 3.8) is 0 Å². The summed E-state index contributed by atoms with van der Waals surface area (Å²) in [5.74, 6) is 1.38. The van der Waals surface area contributed by atoms with Crippen LogP contribution < -0.4 is 10.6 Å². The summed E-state index contributed by atoms with van der Waals surface area (Å²) >= 11 is 0. The number of hydrogen-bond acceptors (Lipinski definition) is 5. The highest BCUT2D eigenvalue weighted by molar-refractivity contribution is 14.0.